The minimum Gasteiger partial charge on any atom is -1.00 e. The van der Waals surface area contributed by atoms with E-state index in [2.05, 4.69) is 0 Å². The molecular weight excluding hydrogens is 197 g/mol. The Morgan fingerprint density at radius 3 is 1.50 bits per heavy atom. The van der Waals surface area contributed by atoms with Gasteiger partial charge in [0.1, 0.15) is 0 Å². The van der Waals surface area contributed by atoms with Crippen molar-refractivity contribution < 1.29 is 12.8 Å². The zero-order valence-electron chi connectivity index (χ0n) is 4.32. The van der Waals surface area contributed by atoms with E-state index in [9.17, 15) is 0 Å². The van der Waals surface area contributed by atoms with Gasteiger partial charge in [-0.2, -0.15) is 0 Å². The molecule has 24 valence electrons. The smallest absolute Gasteiger partial charge is 1.00 e. The van der Waals surface area contributed by atoms with Gasteiger partial charge in [0.25, 0.3) is 0 Å². The molecule has 0 aromatic heterocycles. The standard InChI is InChI=1S/Ba.H2OSi.H2O.2H/c;1-2;;;/h;2H2;1H2;;/q+2;;;2*-1. The Balaban J connectivity index is -0.000000000833. The van der Waals surface area contributed by atoms with E-state index >= 15 is 0 Å². The van der Waals surface area contributed by atoms with Crippen LogP contribution in [0.5, 0.6) is 0 Å². The number of hydrogen-bond acceptors (Lipinski definition) is 1. The molecule has 0 spiro atoms. The predicted molar refractivity (Wildman–Crippen MR) is 20.8 cm³/mol. The second-order valence-electron chi connectivity index (χ2n) is 0. The van der Waals surface area contributed by atoms with Gasteiger partial charge in [0, 0.05) is 0 Å². The molecule has 0 radical (unpaired) electrons. The minimum absolute atomic E-state index is 0. The van der Waals surface area contributed by atoms with Gasteiger partial charge in [0.15, 0.2) is 0 Å². The van der Waals surface area contributed by atoms with Gasteiger partial charge in [-0.3, -0.25) is 0 Å². The monoisotopic (exact) mass is 204 g/mol. The van der Waals surface area contributed by atoms with E-state index in [0.717, 1.165) is 0 Å². The maximum atomic E-state index is 8.28. The maximum absolute atomic E-state index is 8.28. The van der Waals surface area contributed by atoms with Crippen molar-refractivity contribution in [2.75, 3.05) is 0 Å². The molecule has 0 heterocycles. The first-order chi connectivity index (χ1) is 1.00. The molecular formula is H6BaO2Si. The third-order valence-electron chi connectivity index (χ3n) is 0. The van der Waals surface area contributed by atoms with Crippen LogP contribution in [0.2, 0.25) is 0 Å². The van der Waals surface area contributed by atoms with Crippen molar-refractivity contribution in [2.45, 2.75) is 0 Å². The summed E-state index contributed by atoms with van der Waals surface area (Å²) in [5.41, 5.74) is 0. The normalized spacial score (nSPS) is 1.00. The molecule has 0 amide bonds. The Bertz CT molecular complexity index is 11.5. The van der Waals surface area contributed by atoms with Crippen molar-refractivity contribution in [1.29, 1.82) is 0 Å². The summed E-state index contributed by atoms with van der Waals surface area (Å²) < 4.78 is 8.28. The molecule has 0 aromatic rings. The summed E-state index contributed by atoms with van der Waals surface area (Å²) in [6.07, 6.45) is 0. The van der Waals surface area contributed by atoms with Crippen molar-refractivity contribution in [2.24, 2.45) is 0 Å². The van der Waals surface area contributed by atoms with Gasteiger partial charge in [0.2, 0.25) is 10.1 Å². The van der Waals surface area contributed by atoms with Gasteiger partial charge in [-0.1, -0.05) is 0 Å². The van der Waals surface area contributed by atoms with Crippen LogP contribution in [-0.2, 0) is 4.46 Å². The molecule has 0 aliphatic carbocycles. The Morgan fingerprint density at radius 2 is 1.50 bits per heavy atom. The summed E-state index contributed by atoms with van der Waals surface area (Å²) in [4.78, 5) is 0. The van der Waals surface area contributed by atoms with Crippen molar-refractivity contribution in [3.63, 3.8) is 0 Å². The molecule has 0 saturated carbocycles. The third kappa shape index (κ3) is 9.61. The summed E-state index contributed by atoms with van der Waals surface area (Å²) in [6, 6.07) is 0. The first-order valence-corrected chi connectivity index (χ1v) is 0.866. The molecule has 0 aliphatic heterocycles. The van der Waals surface area contributed by atoms with Crippen LogP contribution >= 0.6 is 0 Å². The fraction of sp³-hybridized carbons (Fsp3) is 0. The van der Waals surface area contributed by atoms with Crippen LogP contribution in [0.4, 0.5) is 0 Å². The van der Waals surface area contributed by atoms with Crippen molar-refractivity contribution >= 4 is 59.0 Å². The predicted octanol–water partition coefficient (Wildman–Crippen LogP) is -2.02. The van der Waals surface area contributed by atoms with E-state index in [1.807, 2.05) is 0 Å². The van der Waals surface area contributed by atoms with Gasteiger partial charge in [-0.25, -0.2) is 0 Å². The first kappa shape index (κ1) is 17.7. The molecule has 2 N–H and O–H groups in total. The maximum Gasteiger partial charge on any atom is 2.00 e. The van der Waals surface area contributed by atoms with Crippen LogP contribution in [0.15, 0.2) is 0 Å². The topological polar surface area (TPSA) is 48.6 Å². The molecule has 4 heavy (non-hydrogen) atoms. The van der Waals surface area contributed by atoms with Gasteiger partial charge in [-0.05, 0) is 0 Å². The van der Waals surface area contributed by atoms with Crippen LogP contribution in [-0.4, -0.2) is 64.5 Å². The minimum atomic E-state index is 0. The van der Waals surface area contributed by atoms with Crippen molar-refractivity contribution in [3.8, 4) is 0 Å². The Labute approximate surface area is 70.8 Å². The molecule has 0 atom stereocenters. The molecule has 0 aliphatic rings. The molecule has 2 nitrogen and oxygen atoms in total. The molecule has 0 bridgehead atoms. The van der Waals surface area contributed by atoms with E-state index in [4.69, 9.17) is 4.46 Å². The second-order valence-corrected chi connectivity index (χ2v) is 0. The average molecular weight is 203 g/mol. The van der Waals surface area contributed by atoms with Gasteiger partial charge < -0.3 is 12.8 Å². The fourth-order valence-corrected chi connectivity index (χ4v) is 0. The third-order valence-corrected chi connectivity index (χ3v) is 0. The van der Waals surface area contributed by atoms with Crippen LogP contribution in [0.1, 0.15) is 2.85 Å². The quantitative estimate of drug-likeness (QED) is 0.420. The summed E-state index contributed by atoms with van der Waals surface area (Å²) in [7, 11) is 0.611. The van der Waals surface area contributed by atoms with Gasteiger partial charge in [0.05, 0.1) is 0 Å². The fourth-order valence-electron chi connectivity index (χ4n) is 0. The van der Waals surface area contributed by atoms with Crippen LogP contribution in [0.3, 0.4) is 0 Å². The molecule has 0 aromatic carbocycles. The zero-order chi connectivity index (χ0) is 2.00. The molecule has 0 saturated heterocycles. The van der Waals surface area contributed by atoms with Gasteiger partial charge in [-0.15, -0.1) is 0 Å². The summed E-state index contributed by atoms with van der Waals surface area (Å²) in [5.74, 6) is 0. The molecule has 0 fully saturated rings. The zero-order valence-corrected chi connectivity index (χ0v) is 8.18. The average Bonchev–Trinajstić information content (AvgIpc) is 1.00. The Morgan fingerprint density at radius 1 is 1.50 bits per heavy atom. The number of hydrogen-bond donors (Lipinski definition) is 0. The number of rotatable bonds is 0. The van der Waals surface area contributed by atoms with E-state index in [1.54, 1.807) is 0 Å². The molecule has 4 heteroatoms. The van der Waals surface area contributed by atoms with Crippen molar-refractivity contribution in [1.82, 2.24) is 0 Å². The van der Waals surface area contributed by atoms with Crippen LogP contribution in [0, 0.1) is 0 Å². The summed E-state index contributed by atoms with van der Waals surface area (Å²) in [6.45, 7) is 0. The SMILES string of the molecule is O.O=[SiH2].[Ba+2].[H-].[H-]. The summed E-state index contributed by atoms with van der Waals surface area (Å²) in [5, 5.41) is 0. The first-order valence-electron chi connectivity index (χ1n) is 0.289. The second kappa shape index (κ2) is 23.9. The van der Waals surface area contributed by atoms with Crippen LogP contribution < -0.4 is 0 Å². The Kier molecular flexibility index (Phi) is 106. The van der Waals surface area contributed by atoms with E-state index in [1.165, 1.54) is 0 Å². The molecule has 0 unspecified atom stereocenters. The van der Waals surface area contributed by atoms with Crippen molar-refractivity contribution in [3.05, 3.63) is 0 Å². The van der Waals surface area contributed by atoms with E-state index in [-0.39, 0.29) is 57.2 Å². The largest absolute Gasteiger partial charge is 2.00 e. The van der Waals surface area contributed by atoms with E-state index < -0.39 is 0 Å². The van der Waals surface area contributed by atoms with Gasteiger partial charge >= 0.3 is 48.9 Å². The van der Waals surface area contributed by atoms with Crippen LogP contribution in [0.25, 0.3) is 0 Å². The summed E-state index contributed by atoms with van der Waals surface area (Å²) >= 11 is 0. The Hall–Kier alpha value is 1.55. The van der Waals surface area contributed by atoms with E-state index in [0.29, 0.717) is 10.1 Å². The molecule has 0 rings (SSSR count).